The highest BCUT2D eigenvalue weighted by Gasteiger charge is 2.14. The number of anilines is 1. The Labute approximate surface area is 210 Å². The first-order valence-corrected chi connectivity index (χ1v) is 12.1. The van der Waals surface area contributed by atoms with Crippen LogP contribution in [0.4, 0.5) is 5.69 Å². The number of carbonyl (C=O) groups is 1. The van der Waals surface area contributed by atoms with Gasteiger partial charge >= 0.3 is 0 Å². The van der Waals surface area contributed by atoms with Gasteiger partial charge < -0.3 is 19.5 Å². The Balaban J connectivity index is 1.52. The van der Waals surface area contributed by atoms with Crippen LogP contribution in [0.3, 0.4) is 0 Å². The Morgan fingerprint density at radius 3 is 2.40 bits per heavy atom. The van der Waals surface area contributed by atoms with Crippen LogP contribution in [0, 0.1) is 0 Å². The van der Waals surface area contributed by atoms with Crippen molar-refractivity contribution >= 4 is 23.4 Å². The van der Waals surface area contributed by atoms with Gasteiger partial charge in [0.15, 0.2) is 0 Å². The van der Waals surface area contributed by atoms with Gasteiger partial charge in [-0.25, -0.2) is 0 Å². The first-order chi connectivity index (χ1) is 17.2. The Kier molecular flexibility index (Phi) is 8.30. The standard InChI is InChI=1S/C29H27NO4S/c1-3-33-27-17-16-21(18-22(27)20-34-24-11-9-10-23(19-24)32-2)29(31)30-26-14-7-8-15-28(26)35-25-12-5-4-6-13-25/h4-19H,3,20H2,1-2H3,(H,30,31). The monoisotopic (exact) mass is 485 g/mol. The van der Waals surface area contributed by atoms with Crippen LogP contribution in [-0.4, -0.2) is 19.6 Å². The van der Waals surface area contributed by atoms with Crippen molar-refractivity contribution in [3.05, 3.63) is 108 Å². The fourth-order valence-corrected chi connectivity index (χ4v) is 4.37. The zero-order valence-electron chi connectivity index (χ0n) is 19.7. The normalized spacial score (nSPS) is 10.5. The Hall–Kier alpha value is -3.90. The predicted octanol–water partition coefficient (Wildman–Crippen LogP) is 7.08. The first kappa shape index (κ1) is 24.2. The van der Waals surface area contributed by atoms with Gasteiger partial charge in [0.25, 0.3) is 5.91 Å². The number of rotatable bonds is 10. The molecule has 0 aliphatic rings. The molecule has 0 fully saturated rings. The fourth-order valence-electron chi connectivity index (χ4n) is 3.45. The number of methoxy groups -OCH3 is 1. The predicted molar refractivity (Wildman–Crippen MR) is 140 cm³/mol. The van der Waals surface area contributed by atoms with Crippen LogP contribution in [0.15, 0.2) is 107 Å². The summed E-state index contributed by atoms with van der Waals surface area (Å²) in [5.74, 6) is 1.88. The van der Waals surface area contributed by atoms with E-state index in [-0.39, 0.29) is 12.5 Å². The highest BCUT2D eigenvalue weighted by Crippen LogP contribution is 2.33. The molecule has 0 saturated heterocycles. The van der Waals surface area contributed by atoms with E-state index in [1.165, 1.54) is 0 Å². The number of ether oxygens (including phenoxy) is 3. The molecule has 0 aliphatic carbocycles. The van der Waals surface area contributed by atoms with Crippen molar-refractivity contribution in [2.24, 2.45) is 0 Å². The van der Waals surface area contributed by atoms with Gasteiger partial charge in [0, 0.05) is 27.0 Å². The second-order valence-electron chi connectivity index (χ2n) is 7.59. The number of para-hydroxylation sites is 1. The summed E-state index contributed by atoms with van der Waals surface area (Å²) in [6, 6.07) is 30.7. The lowest BCUT2D eigenvalue weighted by Gasteiger charge is -2.15. The summed E-state index contributed by atoms with van der Waals surface area (Å²) in [6.07, 6.45) is 0. The lowest BCUT2D eigenvalue weighted by atomic mass is 10.1. The van der Waals surface area contributed by atoms with E-state index in [4.69, 9.17) is 14.2 Å². The van der Waals surface area contributed by atoms with E-state index in [1.807, 2.05) is 97.9 Å². The molecule has 5 nitrogen and oxygen atoms in total. The molecule has 1 amide bonds. The van der Waals surface area contributed by atoms with Crippen LogP contribution in [0.2, 0.25) is 0 Å². The average molecular weight is 486 g/mol. The molecule has 6 heteroatoms. The van der Waals surface area contributed by atoms with Gasteiger partial charge in [-0.1, -0.05) is 48.2 Å². The van der Waals surface area contributed by atoms with E-state index in [0.29, 0.717) is 29.4 Å². The number of nitrogens with one attached hydrogen (secondary N) is 1. The lowest BCUT2D eigenvalue weighted by Crippen LogP contribution is -2.13. The van der Waals surface area contributed by atoms with E-state index >= 15 is 0 Å². The maximum Gasteiger partial charge on any atom is 0.255 e. The van der Waals surface area contributed by atoms with E-state index in [2.05, 4.69) is 5.32 Å². The van der Waals surface area contributed by atoms with Gasteiger partial charge in [-0.3, -0.25) is 4.79 Å². The quantitative estimate of drug-likeness (QED) is 0.260. The van der Waals surface area contributed by atoms with Gasteiger partial charge in [-0.2, -0.15) is 0 Å². The van der Waals surface area contributed by atoms with Crippen LogP contribution in [0.1, 0.15) is 22.8 Å². The second kappa shape index (κ2) is 12.0. The van der Waals surface area contributed by atoms with Crippen molar-refractivity contribution in [2.75, 3.05) is 19.0 Å². The lowest BCUT2D eigenvalue weighted by molar-refractivity contribution is 0.102. The number of hydrogen-bond donors (Lipinski definition) is 1. The van der Waals surface area contributed by atoms with E-state index < -0.39 is 0 Å². The second-order valence-corrected chi connectivity index (χ2v) is 8.70. The maximum absolute atomic E-state index is 13.2. The van der Waals surface area contributed by atoms with Crippen molar-refractivity contribution in [2.45, 2.75) is 23.3 Å². The summed E-state index contributed by atoms with van der Waals surface area (Å²) in [5.41, 5.74) is 2.07. The topological polar surface area (TPSA) is 56.8 Å². The van der Waals surface area contributed by atoms with Crippen LogP contribution in [0.5, 0.6) is 17.2 Å². The highest BCUT2D eigenvalue weighted by molar-refractivity contribution is 7.99. The smallest absolute Gasteiger partial charge is 0.255 e. The highest BCUT2D eigenvalue weighted by atomic mass is 32.2. The van der Waals surface area contributed by atoms with Crippen LogP contribution in [0.25, 0.3) is 0 Å². The van der Waals surface area contributed by atoms with Gasteiger partial charge in [-0.15, -0.1) is 0 Å². The summed E-state index contributed by atoms with van der Waals surface area (Å²) < 4.78 is 17.0. The van der Waals surface area contributed by atoms with Crippen LogP contribution >= 0.6 is 11.8 Å². The molecule has 0 bridgehead atoms. The molecule has 4 aromatic carbocycles. The van der Waals surface area contributed by atoms with Crippen molar-refractivity contribution < 1.29 is 19.0 Å². The zero-order valence-corrected chi connectivity index (χ0v) is 20.5. The number of carbonyl (C=O) groups excluding carboxylic acids is 1. The Bertz CT molecular complexity index is 1280. The van der Waals surface area contributed by atoms with Crippen molar-refractivity contribution in [3.8, 4) is 17.2 Å². The summed E-state index contributed by atoms with van der Waals surface area (Å²) >= 11 is 1.61. The number of amides is 1. The number of hydrogen-bond acceptors (Lipinski definition) is 5. The van der Waals surface area contributed by atoms with Gasteiger partial charge in [0.05, 0.1) is 19.4 Å². The summed E-state index contributed by atoms with van der Waals surface area (Å²) in [7, 11) is 1.62. The van der Waals surface area contributed by atoms with E-state index in [9.17, 15) is 4.79 Å². The molecule has 0 aromatic heterocycles. The molecule has 178 valence electrons. The minimum absolute atomic E-state index is 0.197. The molecular weight excluding hydrogens is 458 g/mol. The van der Waals surface area contributed by atoms with Crippen LogP contribution in [-0.2, 0) is 6.61 Å². The van der Waals surface area contributed by atoms with Crippen molar-refractivity contribution in [3.63, 3.8) is 0 Å². The molecule has 0 radical (unpaired) electrons. The molecule has 0 atom stereocenters. The minimum Gasteiger partial charge on any atom is -0.497 e. The third kappa shape index (κ3) is 6.58. The molecule has 0 aliphatic heterocycles. The molecule has 0 heterocycles. The molecule has 4 rings (SSSR count). The van der Waals surface area contributed by atoms with Gasteiger partial charge in [0.1, 0.15) is 23.9 Å². The fraction of sp³-hybridized carbons (Fsp3) is 0.138. The molecule has 0 unspecified atom stereocenters. The molecular formula is C29H27NO4S. The third-order valence-electron chi connectivity index (χ3n) is 5.16. The molecule has 4 aromatic rings. The summed E-state index contributed by atoms with van der Waals surface area (Å²) in [6.45, 7) is 2.69. The van der Waals surface area contributed by atoms with Gasteiger partial charge in [-0.05, 0) is 61.5 Å². The SMILES string of the molecule is CCOc1ccc(C(=O)Nc2ccccc2Sc2ccccc2)cc1COc1cccc(OC)c1. The molecule has 0 saturated carbocycles. The van der Waals surface area contributed by atoms with Gasteiger partial charge in [0.2, 0.25) is 0 Å². The molecule has 0 spiro atoms. The maximum atomic E-state index is 13.2. The summed E-state index contributed by atoms with van der Waals surface area (Å²) in [4.78, 5) is 15.3. The largest absolute Gasteiger partial charge is 0.497 e. The number of benzene rings is 4. The Morgan fingerprint density at radius 2 is 1.60 bits per heavy atom. The average Bonchev–Trinajstić information content (AvgIpc) is 2.90. The molecule has 1 N–H and O–H groups in total. The first-order valence-electron chi connectivity index (χ1n) is 11.3. The van der Waals surface area contributed by atoms with Crippen LogP contribution < -0.4 is 19.5 Å². The van der Waals surface area contributed by atoms with Crippen molar-refractivity contribution in [1.29, 1.82) is 0 Å². The Morgan fingerprint density at radius 1 is 0.829 bits per heavy atom. The van der Waals surface area contributed by atoms with E-state index in [1.54, 1.807) is 24.9 Å². The zero-order chi connectivity index (χ0) is 24.5. The van der Waals surface area contributed by atoms with E-state index in [0.717, 1.165) is 21.0 Å². The third-order valence-corrected chi connectivity index (χ3v) is 6.25. The minimum atomic E-state index is -0.197. The molecule has 35 heavy (non-hydrogen) atoms. The van der Waals surface area contributed by atoms with Crippen molar-refractivity contribution in [1.82, 2.24) is 0 Å². The summed E-state index contributed by atoms with van der Waals surface area (Å²) in [5, 5.41) is 3.06.